The maximum atomic E-state index is 11.9. The summed E-state index contributed by atoms with van der Waals surface area (Å²) < 4.78 is 29.7. The lowest BCUT2D eigenvalue weighted by atomic mass is 10.0. The van der Waals surface area contributed by atoms with Crippen LogP contribution in [0, 0.1) is 0 Å². The number of anilines is 1. The van der Waals surface area contributed by atoms with E-state index in [1.807, 2.05) is 59.3 Å². The Bertz CT molecular complexity index is 1380. The number of hydrogen-bond acceptors (Lipinski definition) is 5. The molecule has 0 unspecified atom stereocenters. The van der Waals surface area contributed by atoms with Crippen molar-refractivity contribution < 1.29 is 17.9 Å². The first-order valence-electron chi connectivity index (χ1n) is 9.81. The third-order valence-corrected chi connectivity index (χ3v) is 5.42. The van der Waals surface area contributed by atoms with Crippen LogP contribution in [0.5, 0.6) is 5.75 Å². The van der Waals surface area contributed by atoms with Crippen molar-refractivity contribution >= 4 is 32.8 Å². The molecule has 0 aliphatic rings. The highest BCUT2D eigenvalue weighted by Crippen LogP contribution is 2.33. The number of pyridine rings is 1. The van der Waals surface area contributed by atoms with Crippen LogP contribution in [0.3, 0.4) is 0 Å². The number of carbonyl (C=O) groups excluding carboxylic acids is 1. The molecule has 3 N–H and O–H groups in total. The molecule has 164 valence electrons. The van der Waals surface area contributed by atoms with Crippen molar-refractivity contribution in [2.45, 2.75) is 6.42 Å². The molecule has 0 aliphatic carbocycles. The summed E-state index contributed by atoms with van der Waals surface area (Å²) in [5, 5.41) is 3.49. The second-order valence-electron chi connectivity index (χ2n) is 7.28. The number of amides is 2. The van der Waals surface area contributed by atoms with Gasteiger partial charge in [0.2, 0.25) is 10.0 Å². The fourth-order valence-electron chi connectivity index (χ4n) is 3.54. The molecular weight excluding hydrogens is 428 g/mol. The van der Waals surface area contributed by atoms with Crippen LogP contribution in [0.25, 0.3) is 22.2 Å². The summed E-state index contributed by atoms with van der Waals surface area (Å²) in [6.45, 7) is 0. The summed E-state index contributed by atoms with van der Waals surface area (Å²) in [6, 6.07) is 20.2. The third kappa shape index (κ3) is 4.89. The first-order chi connectivity index (χ1) is 15.3. The van der Waals surface area contributed by atoms with Crippen LogP contribution in [0.1, 0.15) is 11.3 Å². The molecule has 0 radical (unpaired) electrons. The van der Waals surface area contributed by atoms with Gasteiger partial charge in [-0.25, -0.2) is 22.9 Å². The van der Waals surface area contributed by atoms with Crippen LogP contribution < -0.4 is 14.8 Å². The normalized spacial score (nSPS) is 11.3. The number of benzene rings is 2. The number of aromatic nitrogens is 2. The number of ether oxygens (including phenoxy) is 1. The van der Waals surface area contributed by atoms with E-state index in [0.29, 0.717) is 6.42 Å². The lowest BCUT2D eigenvalue weighted by Crippen LogP contribution is -2.33. The fourth-order valence-corrected chi connectivity index (χ4v) is 3.92. The molecule has 8 nitrogen and oxygen atoms in total. The Hall–Kier alpha value is -3.85. The molecule has 0 atom stereocenters. The Labute approximate surface area is 185 Å². The van der Waals surface area contributed by atoms with E-state index in [1.54, 1.807) is 19.2 Å². The lowest BCUT2D eigenvalue weighted by Gasteiger charge is -2.09. The second-order valence-corrected chi connectivity index (χ2v) is 9.02. The third-order valence-electron chi connectivity index (χ3n) is 4.86. The molecule has 2 amide bonds. The molecule has 2 heterocycles. The lowest BCUT2D eigenvalue weighted by molar-refractivity contribution is 0.256. The van der Waals surface area contributed by atoms with E-state index in [1.165, 1.54) is 0 Å². The van der Waals surface area contributed by atoms with Crippen LogP contribution in [0.15, 0.2) is 66.7 Å². The number of nitrogens with zero attached hydrogens (tertiary/aromatic N) is 1. The van der Waals surface area contributed by atoms with E-state index < -0.39 is 16.1 Å². The number of nitrogens with one attached hydrogen (secondary N) is 3. The number of methoxy groups -OCH3 is 1. The van der Waals surface area contributed by atoms with Crippen LogP contribution in [-0.4, -0.2) is 37.8 Å². The summed E-state index contributed by atoms with van der Waals surface area (Å²) in [6.07, 6.45) is 1.41. The zero-order valence-electron chi connectivity index (χ0n) is 17.5. The molecule has 4 rings (SSSR count). The number of fused-ring (bicyclic) bond motifs is 1. The Morgan fingerprint density at radius 1 is 1.06 bits per heavy atom. The molecule has 32 heavy (non-hydrogen) atoms. The molecular formula is C23H22N4O4S. The van der Waals surface area contributed by atoms with Gasteiger partial charge in [0.1, 0.15) is 11.6 Å². The van der Waals surface area contributed by atoms with E-state index in [9.17, 15) is 13.2 Å². The molecule has 0 spiro atoms. The predicted octanol–water partition coefficient (Wildman–Crippen LogP) is 3.91. The van der Waals surface area contributed by atoms with Crippen molar-refractivity contribution in [2.75, 3.05) is 18.7 Å². The minimum absolute atomic E-state index is 0.256. The maximum absolute atomic E-state index is 11.9. The number of carbonyl (C=O) groups is 1. The van der Waals surface area contributed by atoms with Crippen LogP contribution in [0.2, 0.25) is 0 Å². The van der Waals surface area contributed by atoms with Crippen molar-refractivity contribution in [2.24, 2.45) is 0 Å². The summed E-state index contributed by atoms with van der Waals surface area (Å²) in [4.78, 5) is 19.9. The average molecular weight is 451 g/mol. The highest BCUT2D eigenvalue weighted by atomic mass is 32.2. The Balaban J connectivity index is 1.70. The van der Waals surface area contributed by atoms with E-state index in [4.69, 9.17) is 4.74 Å². The van der Waals surface area contributed by atoms with Gasteiger partial charge < -0.3 is 9.72 Å². The van der Waals surface area contributed by atoms with E-state index in [-0.39, 0.29) is 5.82 Å². The molecule has 0 saturated carbocycles. The van der Waals surface area contributed by atoms with Gasteiger partial charge in [-0.3, -0.25) is 5.32 Å². The van der Waals surface area contributed by atoms with Crippen molar-refractivity contribution in [3.05, 3.63) is 78.0 Å². The second kappa shape index (κ2) is 8.72. The van der Waals surface area contributed by atoms with Gasteiger partial charge in [-0.15, -0.1) is 0 Å². The first kappa shape index (κ1) is 21.4. The van der Waals surface area contributed by atoms with Crippen molar-refractivity contribution in [3.63, 3.8) is 0 Å². The molecule has 0 bridgehead atoms. The smallest absolute Gasteiger partial charge is 0.334 e. The summed E-state index contributed by atoms with van der Waals surface area (Å²) in [7, 11) is -2.03. The molecule has 2 aromatic carbocycles. The Morgan fingerprint density at radius 2 is 1.84 bits per heavy atom. The van der Waals surface area contributed by atoms with Gasteiger partial charge in [-0.2, -0.15) is 0 Å². The minimum Gasteiger partial charge on any atom is -0.497 e. The number of H-pyrrole nitrogens is 1. The van der Waals surface area contributed by atoms with Gasteiger partial charge in [0.15, 0.2) is 0 Å². The molecule has 0 aliphatic heterocycles. The first-order valence-corrected chi connectivity index (χ1v) is 11.7. The number of aromatic amines is 1. The van der Waals surface area contributed by atoms with Gasteiger partial charge in [-0.1, -0.05) is 36.4 Å². The van der Waals surface area contributed by atoms with Crippen molar-refractivity contribution in [3.8, 4) is 17.0 Å². The zero-order valence-corrected chi connectivity index (χ0v) is 18.4. The Morgan fingerprint density at radius 3 is 2.56 bits per heavy atom. The minimum atomic E-state index is -3.67. The highest BCUT2D eigenvalue weighted by molar-refractivity contribution is 7.89. The molecule has 0 saturated heterocycles. The standard InChI is InChI=1S/C23H22N4O4S/c1-31-17-11-12-18-19(22(25-20(18)14-17)15-7-4-3-5-8-15)13-16-9-6-10-21(24-16)26-23(28)27-32(2,29)30/h3-12,14,25H,13H2,1-2H3,(H2,24,26,27,28). The van der Waals surface area contributed by atoms with Crippen LogP contribution in [-0.2, 0) is 16.4 Å². The van der Waals surface area contributed by atoms with Gasteiger partial charge in [-0.05, 0) is 35.4 Å². The maximum Gasteiger partial charge on any atom is 0.334 e. The quantitative estimate of drug-likeness (QED) is 0.412. The monoisotopic (exact) mass is 450 g/mol. The van der Waals surface area contributed by atoms with Crippen molar-refractivity contribution in [1.29, 1.82) is 0 Å². The fraction of sp³-hybridized carbons (Fsp3) is 0.130. The predicted molar refractivity (Wildman–Crippen MR) is 124 cm³/mol. The van der Waals surface area contributed by atoms with Gasteiger partial charge >= 0.3 is 6.03 Å². The van der Waals surface area contributed by atoms with Crippen molar-refractivity contribution in [1.82, 2.24) is 14.7 Å². The summed E-state index contributed by atoms with van der Waals surface area (Å²) in [5.41, 5.74) is 4.73. The van der Waals surface area contributed by atoms with Gasteiger partial charge in [0.25, 0.3) is 0 Å². The van der Waals surface area contributed by atoms with Crippen LogP contribution in [0.4, 0.5) is 10.6 Å². The number of hydrogen-bond donors (Lipinski definition) is 3. The van der Waals surface area contributed by atoms with E-state index in [0.717, 1.165) is 45.4 Å². The molecule has 0 fully saturated rings. The van der Waals surface area contributed by atoms with E-state index in [2.05, 4.69) is 15.3 Å². The molecule has 9 heteroatoms. The SMILES string of the molecule is COc1ccc2c(Cc3cccc(NC(=O)NS(C)(=O)=O)n3)c(-c3ccccc3)[nH]c2c1. The topological polar surface area (TPSA) is 113 Å². The number of sulfonamides is 1. The molecule has 4 aromatic rings. The largest absolute Gasteiger partial charge is 0.497 e. The number of urea groups is 1. The summed E-state index contributed by atoms with van der Waals surface area (Å²) in [5.74, 6) is 1.01. The number of rotatable bonds is 6. The van der Waals surface area contributed by atoms with Gasteiger partial charge in [0.05, 0.1) is 19.1 Å². The zero-order chi connectivity index (χ0) is 22.7. The average Bonchev–Trinajstić information content (AvgIpc) is 3.10. The van der Waals surface area contributed by atoms with E-state index >= 15 is 0 Å². The Kier molecular flexibility index (Phi) is 5.83. The van der Waals surface area contributed by atoms with Crippen LogP contribution >= 0.6 is 0 Å². The summed E-state index contributed by atoms with van der Waals surface area (Å²) >= 11 is 0. The molecule has 2 aromatic heterocycles. The van der Waals surface area contributed by atoms with Gasteiger partial charge in [0, 0.05) is 29.1 Å². The highest BCUT2D eigenvalue weighted by Gasteiger charge is 2.16.